The van der Waals surface area contributed by atoms with Gasteiger partial charge in [0, 0.05) is 13.1 Å². The summed E-state index contributed by atoms with van der Waals surface area (Å²) in [5, 5.41) is 12.3. The van der Waals surface area contributed by atoms with E-state index in [0.29, 0.717) is 19.0 Å². The van der Waals surface area contributed by atoms with Crippen molar-refractivity contribution in [1.29, 1.82) is 0 Å². The van der Waals surface area contributed by atoms with Crippen molar-refractivity contribution in [3.63, 3.8) is 0 Å². The van der Waals surface area contributed by atoms with Crippen LogP contribution in [0.25, 0.3) is 0 Å². The zero-order valence-electron chi connectivity index (χ0n) is 9.92. The van der Waals surface area contributed by atoms with Crippen LogP contribution >= 0.6 is 0 Å². The summed E-state index contributed by atoms with van der Waals surface area (Å²) >= 11 is 0. The molecule has 0 saturated carbocycles. The van der Waals surface area contributed by atoms with Crippen LogP contribution in [0.15, 0.2) is 0 Å². The molecule has 2 unspecified atom stereocenters. The molecule has 15 heavy (non-hydrogen) atoms. The van der Waals surface area contributed by atoms with Crippen LogP contribution in [0.2, 0.25) is 0 Å². The minimum Gasteiger partial charge on any atom is -0.480 e. The Labute approximate surface area is 91.6 Å². The van der Waals surface area contributed by atoms with Crippen molar-refractivity contribution >= 4 is 5.97 Å². The molecule has 0 aromatic rings. The van der Waals surface area contributed by atoms with Crippen LogP contribution in [0, 0.1) is 5.92 Å². The van der Waals surface area contributed by atoms with Gasteiger partial charge < -0.3 is 15.3 Å². The zero-order valence-corrected chi connectivity index (χ0v) is 9.92. The summed E-state index contributed by atoms with van der Waals surface area (Å²) in [6, 6.07) is 0. The Morgan fingerprint density at radius 3 is 2.73 bits per heavy atom. The standard InChI is InChI=1S/C11H22N2O2/c1-4-12-11(3,10(14)15)8-13-6-5-9(2)7-13/h9,12H,4-8H2,1-3H3,(H,14,15). The molecule has 4 heteroatoms. The molecule has 0 aliphatic carbocycles. The van der Waals surface area contributed by atoms with Crippen molar-refractivity contribution in [2.24, 2.45) is 5.92 Å². The largest absolute Gasteiger partial charge is 0.480 e. The van der Waals surface area contributed by atoms with E-state index in [0.717, 1.165) is 13.1 Å². The van der Waals surface area contributed by atoms with E-state index in [1.54, 1.807) is 6.92 Å². The first-order chi connectivity index (χ1) is 6.98. The van der Waals surface area contributed by atoms with Crippen LogP contribution in [-0.4, -0.2) is 47.7 Å². The van der Waals surface area contributed by atoms with Gasteiger partial charge in [-0.3, -0.25) is 4.79 Å². The molecule has 0 bridgehead atoms. The smallest absolute Gasteiger partial charge is 0.324 e. The number of hydrogen-bond acceptors (Lipinski definition) is 3. The van der Waals surface area contributed by atoms with Gasteiger partial charge >= 0.3 is 5.97 Å². The van der Waals surface area contributed by atoms with Crippen molar-refractivity contribution in [2.75, 3.05) is 26.2 Å². The van der Waals surface area contributed by atoms with Gasteiger partial charge in [0.2, 0.25) is 0 Å². The van der Waals surface area contributed by atoms with Gasteiger partial charge in [0.05, 0.1) is 0 Å². The number of hydrogen-bond donors (Lipinski definition) is 2. The van der Waals surface area contributed by atoms with E-state index in [9.17, 15) is 9.90 Å². The second-order valence-electron chi connectivity index (χ2n) is 4.80. The number of likely N-dealkylation sites (N-methyl/N-ethyl adjacent to an activating group) is 1. The summed E-state index contributed by atoms with van der Waals surface area (Å²) in [7, 11) is 0. The number of carboxylic acids is 1. The summed E-state index contributed by atoms with van der Waals surface area (Å²) in [4.78, 5) is 13.4. The van der Waals surface area contributed by atoms with E-state index in [2.05, 4.69) is 17.1 Å². The van der Waals surface area contributed by atoms with Gasteiger partial charge in [-0.2, -0.15) is 0 Å². The van der Waals surface area contributed by atoms with E-state index < -0.39 is 11.5 Å². The minimum atomic E-state index is -0.807. The van der Waals surface area contributed by atoms with Gasteiger partial charge in [0.25, 0.3) is 0 Å². The van der Waals surface area contributed by atoms with Gasteiger partial charge in [-0.15, -0.1) is 0 Å². The number of carboxylic acid groups (broad SMARTS) is 1. The Bertz CT molecular complexity index is 233. The van der Waals surface area contributed by atoms with Crippen LogP contribution in [0.4, 0.5) is 0 Å². The fourth-order valence-electron chi connectivity index (χ4n) is 2.21. The summed E-state index contributed by atoms with van der Waals surface area (Å²) in [6.45, 7) is 9.25. The number of nitrogens with one attached hydrogen (secondary N) is 1. The molecule has 4 nitrogen and oxygen atoms in total. The van der Waals surface area contributed by atoms with Crippen molar-refractivity contribution in [3.8, 4) is 0 Å². The van der Waals surface area contributed by atoms with Crippen molar-refractivity contribution < 1.29 is 9.90 Å². The summed E-state index contributed by atoms with van der Waals surface area (Å²) < 4.78 is 0. The van der Waals surface area contributed by atoms with Gasteiger partial charge in [-0.05, 0) is 32.4 Å². The molecule has 88 valence electrons. The highest BCUT2D eigenvalue weighted by molar-refractivity contribution is 5.78. The van der Waals surface area contributed by atoms with Crippen molar-refractivity contribution in [2.45, 2.75) is 32.7 Å². The third kappa shape index (κ3) is 3.18. The zero-order chi connectivity index (χ0) is 11.5. The lowest BCUT2D eigenvalue weighted by Gasteiger charge is -2.30. The molecule has 1 aliphatic heterocycles. The molecule has 1 heterocycles. The Balaban J connectivity index is 2.55. The van der Waals surface area contributed by atoms with E-state index >= 15 is 0 Å². The molecule has 1 rings (SSSR count). The van der Waals surface area contributed by atoms with Crippen LogP contribution in [0.1, 0.15) is 27.2 Å². The van der Waals surface area contributed by atoms with E-state index in [1.165, 1.54) is 6.42 Å². The second-order valence-corrected chi connectivity index (χ2v) is 4.80. The summed E-state index contributed by atoms with van der Waals surface area (Å²) in [5.74, 6) is -0.0615. The average Bonchev–Trinajstić information content (AvgIpc) is 2.51. The highest BCUT2D eigenvalue weighted by Crippen LogP contribution is 2.18. The Kier molecular flexibility index (Phi) is 4.11. The second kappa shape index (κ2) is 4.94. The number of nitrogens with zero attached hydrogens (tertiary/aromatic N) is 1. The molecule has 1 fully saturated rings. The number of likely N-dealkylation sites (tertiary alicyclic amines) is 1. The van der Waals surface area contributed by atoms with Crippen molar-refractivity contribution in [3.05, 3.63) is 0 Å². The van der Waals surface area contributed by atoms with Crippen LogP contribution in [-0.2, 0) is 4.79 Å². The molecule has 0 radical (unpaired) electrons. The molecule has 1 saturated heterocycles. The average molecular weight is 214 g/mol. The molecule has 0 spiro atoms. The summed E-state index contributed by atoms with van der Waals surface area (Å²) in [6.07, 6.45) is 1.18. The first-order valence-electron chi connectivity index (χ1n) is 5.68. The first-order valence-corrected chi connectivity index (χ1v) is 5.68. The quantitative estimate of drug-likeness (QED) is 0.710. The maximum Gasteiger partial charge on any atom is 0.324 e. The monoisotopic (exact) mass is 214 g/mol. The lowest BCUT2D eigenvalue weighted by atomic mass is 10.0. The van der Waals surface area contributed by atoms with Gasteiger partial charge in [-0.25, -0.2) is 0 Å². The minimum absolute atomic E-state index is 0.598. The fraction of sp³-hybridized carbons (Fsp3) is 0.909. The lowest BCUT2D eigenvalue weighted by Crippen LogP contribution is -2.56. The number of rotatable bonds is 5. The lowest BCUT2D eigenvalue weighted by molar-refractivity contribution is -0.144. The molecule has 0 aromatic heterocycles. The molecule has 0 aromatic carbocycles. The Morgan fingerprint density at radius 1 is 1.67 bits per heavy atom. The maximum atomic E-state index is 11.2. The van der Waals surface area contributed by atoms with E-state index in [1.807, 2.05) is 6.92 Å². The fourth-order valence-corrected chi connectivity index (χ4v) is 2.21. The molecule has 1 aliphatic rings. The molecular weight excluding hydrogens is 192 g/mol. The third-order valence-electron chi connectivity index (χ3n) is 3.09. The Morgan fingerprint density at radius 2 is 2.33 bits per heavy atom. The SMILES string of the molecule is CCNC(C)(CN1CCC(C)C1)C(=O)O. The summed E-state index contributed by atoms with van der Waals surface area (Å²) in [5.41, 5.74) is -0.807. The van der Waals surface area contributed by atoms with Crippen LogP contribution < -0.4 is 5.32 Å². The normalized spacial score (nSPS) is 26.5. The van der Waals surface area contributed by atoms with Crippen LogP contribution in [0.3, 0.4) is 0 Å². The highest BCUT2D eigenvalue weighted by Gasteiger charge is 2.35. The number of carbonyl (C=O) groups is 1. The predicted octanol–water partition coefficient (Wildman–Crippen LogP) is 0.781. The van der Waals surface area contributed by atoms with Crippen LogP contribution in [0.5, 0.6) is 0 Å². The van der Waals surface area contributed by atoms with Gasteiger partial charge in [0.15, 0.2) is 0 Å². The molecule has 2 atom stereocenters. The predicted molar refractivity (Wildman–Crippen MR) is 59.9 cm³/mol. The molecule has 2 N–H and O–H groups in total. The molecular formula is C11H22N2O2. The first kappa shape index (κ1) is 12.5. The van der Waals surface area contributed by atoms with E-state index in [4.69, 9.17) is 0 Å². The van der Waals surface area contributed by atoms with Crippen molar-refractivity contribution in [1.82, 2.24) is 10.2 Å². The maximum absolute atomic E-state index is 11.2. The van der Waals surface area contributed by atoms with E-state index in [-0.39, 0.29) is 0 Å². The number of aliphatic carboxylic acids is 1. The van der Waals surface area contributed by atoms with Gasteiger partial charge in [-0.1, -0.05) is 13.8 Å². The Hall–Kier alpha value is -0.610. The topological polar surface area (TPSA) is 52.6 Å². The third-order valence-corrected chi connectivity index (χ3v) is 3.09. The van der Waals surface area contributed by atoms with Gasteiger partial charge in [0.1, 0.15) is 5.54 Å². The molecule has 0 amide bonds. The highest BCUT2D eigenvalue weighted by atomic mass is 16.4.